The molecule has 2 aromatic rings. The van der Waals surface area contributed by atoms with Gasteiger partial charge in [-0.25, -0.2) is 4.98 Å². The van der Waals surface area contributed by atoms with Crippen molar-refractivity contribution in [1.29, 1.82) is 0 Å². The van der Waals surface area contributed by atoms with Gasteiger partial charge in [0.15, 0.2) is 0 Å². The number of nitrogens with one attached hydrogen (secondary N) is 1. The molecule has 2 heterocycles. The minimum atomic E-state index is 0. The molecule has 1 aliphatic rings. The van der Waals surface area contributed by atoms with Gasteiger partial charge >= 0.3 is 0 Å². The molecule has 1 N–H and O–H groups in total. The average Bonchev–Trinajstić information content (AvgIpc) is 3.10. The van der Waals surface area contributed by atoms with E-state index in [1.54, 1.807) is 0 Å². The molecule has 0 radical (unpaired) electrons. The van der Waals surface area contributed by atoms with E-state index in [2.05, 4.69) is 10.3 Å². The van der Waals surface area contributed by atoms with Gasteiger partial charge in [0, 0.05) is 24.0 Å². The molecule has 1 aliphatic heterocycles. The van der Waals surface area contributed by atoms with Gasteiger partial charge in [-0.3, -0.25) is 4.79 Å². The number of halogens is 2. The fourth-order valence-electron chi connectivity index (χ4n) is 3.07. The molecule has 1 amide bonds. The van der Waals surface area contributed by atoms with Crippen molar-refractivity contribution in [2.24, 2.45) is 5.92 Å². The quantitative estimate of drug-likeness (QED) is 0.812. The number of carbonyl (C=O) groups is 1. The lowest BCUT2D eigenvalue weighted by Gasteiger charge is -2.31. The summed E-state index contributed by atoms with van der Waals surface area (Å²) in [4.78, 5) is 19.1. The van der Waals surface area contributed by atoms with Gasteiger partial charge in [0.25, 0.3) is 5.91 Å². The van der Waals surface area contributed by atoms with E-state index in [4.69, 9.17) is 11.6 Å². The molecule has 0 aliphatic carbocycles. The second-order valence-electron chi connectivity index (χ2n) is 6.15. The highest BCUT2D eigenvalue weighted by Crippen LogP contribution is 2.30. The van der Waals surface area contributed by atoms with Crippen LogP contribution in [0.5, 0.6) is 0 Å². The maximum Gasteiger partial charge on any atom is 0.273 e. The lowest BCUT2D eigenvalue weighted by Crippen LogP contribution is -2.39. The second-order valence-corrected chi connectivity index (χ2v) is 7.41. The van der Waals surface area contributed by atoms with Crippen LogP contribution < -0.4 is 5.32 Å². The zero-order chi connectivity index (χ0) is 16.9. The molecule has 1 aromatic carbocycles. The van der Waals surface area contributed by atoms with Crippen LogP contribution in [0, 0.1) is 5.92 Å². The number of rotatable bonds is 5. The molecular weight excluding hydrogens is 377 g/mol. The molecule has 0 spiro atoms. The predicted molar refractivity (Wildman–Crippen MR) is 107 cm³/mol. The minimum absolute atomic E-state index is 0. The van der Waals surface area contributed by atoms with Gasteiger partial charge in [0.2, 0.25) is 0 Å². The molecule has 3 rings (SSSR count). The van der Waals surface area contributed by atoms with Gasteiger partial charge in [-0.05, 0) is 44.8 Å². The molecule has 1 saturated heterocycles. The van der Waals surface area contributed by atoms with Crippen LogP contribution in [0.25, 0.3) is 10.6 Å². The number of aromatic nitrogens is 1. The summed E-state index contributed by atoms with van der Waals surface area (Å²) in [5.41, 5.74) is 1.41. The Morgan fingerprint density at radius 1 is 1.36 bits per heavy atom. The van der Waals surface area contributed by atoms with E-state index in [0.717, 1.165) is 49.0 Å². The molecule has 0 unspecified atom stereocenters. The average molecular weight is 400 g/mol. The van der Waals surface area contributed by atoms with E-state index in [9.17, 15) is 4.79 Å². The fraction of sp³-hybridized carbons (Fsp3) is 0.444. The summed E-state index contributed by atoms with van der Waals surface area (Å²) in [6.45, 7) is 2.70. The molecular formula is C18H23Cl2N3OS. The standard InChI is InChI=1S/C18H22ClN3OS.ClH/c1-20-9-6-13-7-10-22(11-8-13)18(23)16-12-24-17(21-16)14-4-2-3-5-15(14)19;/h2-5,12-13,20H,6-11H2,1H3;1H. The lowest BCUT2D eigenvalue weighted by molar-refractivity contribution is 0.0682. The molecule has 1 fully saturated rings. The summed E-state index contributed by atoms with van der Waals surface area (Å²) in [6, 6.07) is 7.60. The molecule has 0 saturated carbocycles. The monoisotopic (exact) mass is 399 g/mol. The summed E-state index contributed by atoms with van der Waals surface area (Å²) < 4.78 is 0. The summed E-state index contributed by atoms with van der Waals surface area (Å²) >= 11 is 7.69. The van der Waals surface area contributed by atoms with Gasteiger partial charge < -0.3 is 10.2 Å². The Hall–Kier alpha value is -1.14. The number of thiazole rings is 1. The number of carbonyl (C=O) groups excluding carboxylic acids is 1. The van der Waals surface area contributed by atoms with Crippen molar-refractivity contribution in [3.05, 3.63) is 40.4 Å². The largest absolute Gasteiger partial charge is 0.337 e. The Morgan fingerprint density at radius 3 is 2.76 bits per heavy atom. The van der Waals surface area contributed by atoms with Crippen LogP contribution >= 0.6 is 35.3 Å². The SMILES string of the molecule is CNCCC1CCN(C(=O)c2csc(-c3ccccc3Cl)n2)CC1.Cl. The van der Waals surface area contributed by atoms with Crippen LogP contribution in [0.15, 0.2) is 29.6 Å². The molecule has 25 heavy (non-hydrogen) atoms. The predicted octanol–water partition coefficient (Wildman–Crippen LogP) is 4.35. The van der Waals surface area contributed by atoms with Crippen LogP contribution in [-0.4, -0.2) is 42.5 Å². The van der Waals surface area contributed by atoms with Crippen LogP contribution in [0.4, 0.5) is 0 Å². The molecule has 7 heteroatoms. The normalized spacial score (nSPS) is 15.0. The fourth-order valence-corrected chi connectivity index (χ4v) is 4.18. The highest BCUT2D eigenvalue weighted by molar-refractivity contribution is 7.13. The topological polar surface area (TPSA) is 45.2 Å². The number of nitrogens with zero attached hydrogens (tertiary/aromatic N) is 2. The van der Waals surface area contributed by atoms with Gasteiger partial charge in [-0.1, -0.05) is 29.8 Å². The van der Waals surface area contributed by atoms with Gasteiger partial charge in [0.1, 0.15) is 10.7 Å². The van der Waals surface area contributed by atoms with E-state index in [1.807, 2.05) is 41.6 Å². The third-order valence-corrected chi connectivity index (χ3v) is 5.74. The molecule has 0 atom stereocenters. The highest BCUT2D eigenvalue weighted by Gasteiger charge is 2.25. The first-order valence-corrected chi connectivity index (χ1v) is 9.59. The number of amides is 1. The molecule has 136 valence electrons. The van der Waals surface area contributed by atoms with E-state index >= 15 is 0 Å². The van der Waals surface area contributed by atoms with Gasteiger partial charge in [0.05, 0.1) is 5.02 Å². The summed E-state index contributed by atoms with van der Waals surface area (Å²) in [6.07, 6.45) is 3.34. The smallest absolute Gasteiger partial charge is 0.273 e. The first-order valence-electron chi connectivity index (χ1n) is 8.33. The lowest BCUT2D eigenvalue weighted by atomic mass is 9.93. The van der Waals surface area contributed by atoms with E-state index in [-0.39, 0.29) is 18.3 Å². The summed E-state index contributed by atoms with van der Waals surface area (Å²) in [5, 5.41) is 6.50. The Balaban J connectivity index is 0.00000225. The molecule has 4 nitrogen and oxygen atoms in total. The van der Waals surface area contributed by atoms with Crippen molar-refractivity contribution < 1.29 is 4.79 Å². The highest BCUT2D eigenvalue weighted by atomic mass is 35.5. The van der Waals surface area contributed by atoms with E-state index in [1.165, 1.54) is 17.8 Å². The van der Waals surface area contributed by atoms with Crippen LogP contribution in [0.3, 0.4) is 0 Å². The van der Waals surface area contributed by atoms with Crippen molar-refractivity contribution in [3.8, 4) is 10.6 Å². The number of piperidine rings is 1. The first-order chi connectivity index (χ1) is 11.7. The van der Waals surface area contributed by atoms with Crippen molar-refractivity contribution >= 4 is 41.3 Å². The maximum atomic E-state index is 12.7. The van der Waals surface area contributed by atoms with Crippen molar-refractivity contribution in [1.82, 2.24) is 15.2 Å². The van der Waals surface area contributed by atoms with Crippen molar-refractivity contribution in [2.75, 3.05) is 26.7 Å². The third kappa shape index (κ3) is 4.94. The Morgan fingerprint density at radius 2 is 2.08 bits per heavy atom. The zero-order valence-corrected chi connectivity index (χ0v) is 16.6. The first kappa shape index (κ1) is 20.2. The van der Waals surface area contributed by atoms with Crippen LogP contribution in [0.2, 0.25) is 5.02 Å². The van der Waals surface area contributed by atoms with Gasteiger partial charge in [-0.2, -0.15) is 0 Å². The van der Waals surface area contributed by atoms with Crippen LogP contribution in [0.1, 0.15) is 29.8 Å². The molecule has 0 bridgehead atoms. The van der Waals surface area contributed by atoms with Crippen LogP contribution in [-0.2, 0) is 0 Å². The maximum absolute atomic E-state index is 12.7. The van der Waals surface area contributed by atoms with E-state index < -0.39 is 0 Å². The number of hydrogen-bond acceptors (Lipinski definition) is 4. The minimum Gasteiger partial charge on any atom is -0.337 e. The van der Waals surface area contributed by atoms with Crippen molar-refractivity contribution in [2.45, 2.75) is 19.3 Å². The number of benzene rings is 1. The molecule has 1 aromatic heterocycles. The Kier molecular flexibility index (Phi) is 7.69. The second kappa shape index (κ2) is 9.53. The zero-order valence-electron chi connectivity index (χ0n) is 14.2. The summed E-state index contributed by atoms with van der Waals surface area (Å²) in [7, 11) is 1.98. The van der Waals surface area contributed by atoms with Crippen molar-refractivity contribution in [3.63, 3.8) is 0 Å². The van der Waals surface area contributed by atoms with Gasteiger partial charge in [-0.15, -0.1) is 23.7 Å². The number of likely N-dealkylation sites (tertiary alicyclic amines) is 1. The van der Waals surface area contributed by atoms with E-state index in [0.29, 0.717) is 10.7 Å². The third-order valence-electron chi connectivity index (χ3n) is 4.53. The Bertz CT molecular complexity index is 699. The Labute approximate surface area is 164 Å². The summed E-state index contributed by atoms with van der Waals surface area (Å²) in [5.74, 6) is 0.757. The number of hydrogen-bond donors (Lipinski definition) is 1.